The quantitative estimate of drug-likeness (QED) is 0.435. The lowest BCUT2D eigenvalue weighted by atomic mass is 10.3. The summed E-state index contributed by atoms with van der Waals surface area (Å²) < 4.78 is 5.22. The Morgan fingerprint density at radius 1 is 1.20 bits per heavy atom. The van der Waals surface area contributed by atoms with E-state index in [1.807, 2.05) is 0 Å². The summed E-state index contributed by atoms with van der Waals surface area (Å²) in [6.45, 7) is 6.98. The Morgan fingerprint density at radius 2 is 2.00 bits per heavy atom. The maximum Gasteiger partial charge on any atom is 0.0965 e. The third-order valence-electron chi connectivity index (χ3n) is 1.26. The van der Waals surface area contributed by atoms with Gasteiger partial charge in [0.15, 0.2) is 0 Å². The molecular weight excluding hydrogens is 126 g/mol. The number of nitrogens with one attached hydrogen (secondary N) is 1. The molecule has 0 amide bonds. The van der Waals surface area contributed by atoms with Gasteiger partial charge in [0, 0.05) is 6.61 Å². The molecule has 0 aromatic carbocycles. The minimum Gasteiger partial charge on any atom is -0.366 e. The van der Waals surface area contributed by atoms with Gasteiger partial charge in [0.05, 0.1) is 6.73 Å². The maximum absolute atomic E-state index is 5.22. The van der Waals surface area contributed by atoms with Crippen molar-refractivity contribution in [3.05, 3.63) is 0 Å². The fraction of sp³-hybridized carbons (Fsp3) is 1.00. The van der Waals surface area contributed by atoms with E-state index >= 15 is 0 Å². The molecule has 0 aromatic heterocycles. The van der Waals surface area contributed by atoms with Gasteiger partial charge in [-0.1, -0.05) is 20.3 Å². The first kappa shape index (κ1) is 9.92. The summed E-state index contributed by atoms with van der Waals surface area (Å²) in [5, 5.41) is 3.20. The first-order valence-electron chi connectivity index (χ1n) is 4.20. The second-order valence-electron chi connectivity index (χ2n) is 2.41. The molecule has 0 bridgehead atoms. The lowest BCUT2D eigenvalue weighted by molar-refractivity contribution is 0.117. The summed E-state index contributed by atoms with van der Waals surface area (Å²) in [5.74, 6) is 0. The van der Waals surface area contributed by atoms with Crippen LogP contribution >= 0.6 is 0 Å². The number of hydrogen-bond acceptors (Lipinski definition) is 2. The third-order valence-corrected chi connectivity index (χ3v) is 1.26. The van der Waals surface area contributed by atoms with Crippen molar-refractivity contribution in [2.45, 2.75) is 33.1 Å². The van der Waals surface area contributed by atoms with Crippen molar-refractivity contribution in [3.63, 3.8) is 0 Å². The highest BCUT2D eigenvalue weighted by atomic mass is 16.5. The molecular formula is C8H19NO. The van der Waals surface area contributed by atoms with Crippen molar-refractivity contribution in [2.24, 2.45) is 0 Å². The van der Waals surface area contributed by atoms with E-state index in [9.17, 15) is 0 Å². The van der Waals surface area contributed by atoms with Crippen LogP contribution < -0.4 is 5.32 Å². The fourth-order valence-electron chi connectivity index (χ4n) is 0.663. The van der Waals surface area contributed by atoms with Crippen LogP contribution in [0.1, 0.15) is 33.1 Å². The van der Waals surface area contributed by atoms with Gasteiger partial charge in [-0.3, -0.25) is 5.32 Å². The van der Waals surface area contributed by atoms with E-state index in [-0.39, 0.29) is 0 Å². The molecule has 0 rings (SSSR count). The standard InChI is InChI=1S/C8H19NO/c1-3-5-6-9-8-10-7-4-2/h9H,3-8H2,1-2H3. The van der Waals surface area contributed by atoms with E-state index in [1.165, 1.54) is 12.8 Å². The SMILES string of the molecule is CCCCNCOCCC. The lowest BCUT2D eigenvalue weighted by Gasteiger charge is -2.03. The van der Waals surface area contributed by atoms with E-state index in [0.29, 0.717) is 6.73 Å². The predicted octanol–water partition coefficient (Wildman–Crippen LogP) is 1.76. The van der Waals surface area contributed by atoms with Crippen LogP contribution in [-0.2, 0) is 4.74 Å². The van der Waals surface area contributed by atoms with E-state index in [0.717, 1.165) is 19.6 Å². The van der Waals surface area contributed by atoms with Crippen molar-refractivity contribution < 1.29 is 4.74 Å². The van der Waals surface area contributed by atoms with E-state index < -0.39 is 0 Å². The van der Waals surface area contributed by atoms with Crippen LogP contribution in [0.2, 0.25) is 0 Å². The van der Waals surface area contributed by atoms with Gasteiger partial charge in [0.2, 0.25) is 0 Å². The minimum atomic E-state index is 0.716. The molecule has 0 radical (unpaired) electrons. The van der Waals surface area contributed by atoms with Gasteiger partial charge in [0.25, 0.3) is 0 Å². The normalized spacial score (nSPS) is 10.2. The van der Waals surface area contributed by atoms with Crippen LogP contribution in [0.4, 0.5) is 0 Å². The number of rotatable bonds is 7. The Bertz CT molecular complexity index is 49.2. The summed E-state index contributed by atoms with van der Waals surface area (Å²) in [7, 11) is 0. The van der Waals surface area contributed by atoms with Crippen molar-refractivity contribution in [3.8, 4) is 0 Å². The smallest absolute Gasteiger partial charge is 0.0965 e. The Hall–Kier alpha value is -0.0800. The van der Waals surface area contributed by atoms with Gasteiger partial charge in [-0.2, -0.15) is 0 Å². The first-order valence-corrected chi connectivity index (χ1v) is 4.20. The van der Waals surface area contributed by atoms with Gasteiger partial charge in [-0.25, -0.2) is 0 Å². The van der Waals surface area contributed by atoms with Crippen molar-refractivity contribution in [1.82, 2.24) is 5.32 Å². The Morgan fingerprint density at radius 3 is 2.60 bits per heavy atom. The van der Waals surface area contributed by atoms with Crippen molar-refractivity contribution in [1.29, 1.82) is 0 Å². The largest absolute Gasteiger partial charge is 0.366 e. The Kier molecular flexibility index (Phi) is 8.85. The number of unbranched alkanes of at least 4 members (excludes halogenated alkanes) is 1. The van der Waals surface area contributed by atoms with Crippen LogP contribution in [0, 0.1) is 0 Å². The zero-order chi connectivity index (χ0) is 7.66. The van der Waals surface area contributed by atoms with Gasteiger partial charge in [0.1, 0.15) is 0 Å². The summed E-state index contributed by atoms with van der Waals surface area (Å²) in [6.07, 6.45) is 3.60. The van der Waals surface area contributed by atoms with Crippen LogP contribution in [0.5, 0.6) is 0 Å². The predicted molar refractivity (Wildman–Crippen MR) is 44.0 cm³/mol. The molecule has 2 nitrogen and oxygen atoms in total. The van der Waals surface area contributed by atoms with Crippen LogP contribution in [0.15, 0.2) is 0 Å². The molecule has 0 saturated carbocycles. The zero-order valence-corrected chi connectivity index (χ0v) is 7.15. The molecule has 0 spiro atoms. The maximum atomic E-state index is 5.22. The van der Waals surface area contributed by atoms with E-state index in [2.05, 4.69) is 19.2 Å². The highest BCUT2D eigenvalue weighted by Gasteiger charge is 1.84. The summed E-state index contributed by atoms with van der Waals surface area (Å²) in [6, 6.07) is 0. The molecule has 10 heavy (non-hydrogen) atoms. The molecule has 0 heterocycles. The molecule has 0 aliphatic carbocycles. The molecule has 0 aliphatic rings. The number of ether oxygens (including phenoxy) is 1. The molecule has 0 aromatic rings. The van der Waals surface area contributed by atoms with Crippen LogP contribution in [-0.4, -0.2) is 19.9 Å². The highest BCUT2D eigenvalue weighted by molar-refractivity contribution is 4.38. The topological polar surface area (TPSA) is 21.3 Å². The second-order valence-corrected chi connectivity index (χ2v) is 2.41. The van der Waals surface area contributed by atoms with Gasteiger partial charge >= 0.3 is 0 Å². The minimum absolute atomic E-state index is 0.716. The molecule has 0 unspecified atom stereocenters. The molecule has 2 heteroatoms. The average Bonchev–Trinajstić information content (AvgIpc) is 1.97. The van der Waals surface area contributed by atoms with E-state index in [1.54, 1.807) is 0 Å². The lowest BCUT2D eigenvalue weighted by Crippen LogP contribution is -2.19. The second kappa shape index (κ2) is 8.92. The summed E-state index contributed by atoms with van der Waals surface area (Å²) in [5.41, 5.74) is 0. The first-order chi connectivity index (χ1) is 4.91. The molecule has 0 atom stereocenters. The average molecular weight is 145 g/mol. The zero-order valence-electron chi connectivity index (χ0n) is 7.15. The van der Waals surface area contributed by atoms with E-state index in [4.69, 9.17) is 4.74 Å². The summed E-state index contributed by atoms with van der Waals surface area (Å²) >= 11 is 0. The number of hydrogen-bond donors (Lipinski definition) is 1. The highest BCUT2D eigenvalue weighted by Crippen LogP contribution is 1.82. The monoisotopic (exact) mass is 145 g/mol. The molecule has 62 valence electrons. The third kappa shape index (κ3) is 7.92. The van der Waals surface area contributed by atoms with Crippen molar-refractivity contribution >= 4 is 0 Å². The van der Waals surface area contributed by atoms with Gasteiger partial charge < -0.3 is 4.74 Å². The fourth-order valence-corrected chi connectivity index (χ4v) is 0.663. The van der Waals surface area contributed by atoms with Gasteiger partial charge in [-0.15, -0.1) is 0 Å². The summed E-state index contributed by atoms with van der Waals surface area (Å²) in [4.78, 5) is 0. The Labute approximate surface area is 64.0 Å². The van der Waals surface area contributed by atoms with Gasteiger partial charge in [-0.05, 0) is 19.4 Å². The Balaban J connectivity index is 2.65. The molecule has 1 N–H and O–H groups in total. The van der Waals surface area contributed by atoms with Crippen molar-refractivity contribution in [2.75, 3.05) is 19.9 Å². The molecule has 0 fully saturated rings. The van der Waals surface area contributed by atoms with Crippen LogP contribution in [0.25, 0.3) is 0 Å². The van der Waals surface area contributed by atoms with Crippen LogP contribution in [0.3, 0.4) is 0 Å². The molecule has 0 aliphatic heterocycles. The molecule has 0 saturated heterocycles.